The van der Waals surface area contributed by atoms with Crippen molar-refractivity contribution in [1.82, 2.24) is 0 Å². The molecule has 0 radical (unpaired) electrons. The second-order valence-corrected chi connectivity index (χ2v) is 5.52. The highest BCUT2D eigenvalue weighted by molar-refractivity contribution is 7.85. The van der Waals surface area contributed by atoms with E-state index in [2.05, 4.69) is 0 Å². The summed E-state index contributed by atoms with van der Waals surface area (Å²) in [4.78, 5) is 0. The predicted molar refractivity (Wildman–Crippen MR) is 45.1 cm³/mol. The van der Waals surface area contributed by atoms with Crippen LogP contribution in [0.25, 0.3) is 0 Å². The molecule has 0 fully saturated rings. The van der Waals surface area contributed by atoms with Gasteiger partial charge in [-0.15, -0.1) is 0 Å². The summed E-state index contributed by atoms with van der Waals surface area (Å²) in [6.07, 6.45) is 1.34. The van der Waals surface area contributed by atoms with Crippen molar-refractivity contribution < 1.29 is 13.0 Å². The largest absolute Gasteiger partial charge is 0.286 e. The summed E-state index contributed by atoms with van der Waals surface area (Å²) in [5.41, 5.74) is 0.144. The monoisotopic (exact) mass is 180 g/mol. The molecule has 0 unspecified atom stereocenters. The molecule has 0 aliphatic carbocycles. The first-order valence-corrected chi connectivity index (χ1v) is 5.27. The van der Waals surface area contributed by atoms with Gasteiger partial charge in [-0.2, -0.15) is 8.42 Å². The van der Waals surface area contributed by atoms with Crippen molar-refractivity contribution in [2.24, 2.45) is 5.41 Å². The average Bonchev–Trinajstić information content (AvgIpc) is 1.55. The second-order valence-electron chi connectivity index (χ2n) is 3.95. The standard InChI is InChI=1S/C7H16O3S/c1-7(2,3)5-4-6-11(8,9)10/h4-6H2,1-3H3,(H,8,9,10). The van der Waals surface area contributed by atoms with Gasteiger partial charge in [-0.1, -0.05) is 20.8 Å². The van der Waals surface area contributed by atoms with Gasteiger partial charge in [0, 0.05) is 0 Å². The summed E-state index contributed by atoms with van der Waals surface area (Å²) in [6, 6.07) is 0. The zero-order valence-electron chi connectivity index (χ0n) is 7.29. The van der Waals surface area contributed by atoms with Crippen molar-refractivity contribution in [1.29, 1.82) is 0 Å². The maximum Gasteiger partial charge on any atom is 0.264 e. The van der Waals surface area contributed by atoms with Crippen LogP contribution in [0.1, 0.15) is 33.6 Å². The molecule has 0 aromatic rings. The van der Waals surface area contributed by atoms with Crippen molar-refractivity contribution in [2.45, 2.75) is 33.6 Å². The summed E-state index contributed by atoms with van der Waals surface area (Å²) < 4.78 is 28.9. The lowest BCUT2D eigenvalue weighted by Gasteiger charge is -2.16. The fraction of sp³-hybridized carbons (Fsp3) is 1.00. The molecule has 68 valence electrons. The van der Waals surface area contributed by atoms with Crippen molar-refractivity contribution in [3.63, 3.8) is 0 Å². The minimum absolute atomic E-state index is 0.121. The fourth-order valence-corrected chi connectivity index (χ4v) is 1.29. The normalized spacial score (nSPS) is 13.5. The Morgan fingerprint density at radius 1 is 1.27 bits per heavy atom. The Kier molecular flexibility index (Phi) is 3.51. The van der Waals surface area contributed by atoms with E-state index in [1.807, 2.05) is 20.8 Å². The molecule has 0 heterocycles. The molecule has 1 N–H and O–H groups in total. The van der Waals surface area contributed by atoms with Crippen LogP contribution in [0, 0.1) is 5.41 Å². The highest BCUT2D eigenvalue weighted by Gasteiger charge is 2.12. The summed E-state index contributed by atoms with van der Waals surface area (Å²) >= 11 is 0. The third kappa shape index (κ3) is 9.91. The molecule has 4 heteroatoms. The summed E-state index contributed by atoms with van der Waals surface area (Å²) in [6.45, 7) is 6.12. The third-order valence-electron chi connectivity index (χ3n) is 1.33. The van der Waals surface area contributed by atoms with E-state index in [0.717, 1.165) is 6.42 Å². The van der Waals surface area contributed by atoms with Crippen LogP contribution in [0.5, 0.6) is 0 Å². The van der Waals surface area contributed by atoms with Crippen LogP contribution in [-0.4, -0.2) is 18.7 Å². The SMILES string of the molecule is CC(C)(C)CCCS(=O)(=O)O. The van der Waals surface area contributed by atoms with E-state index < -0.39 is 10.1 Å². The van der Waals surface area contributed by atoms with Crippen LogP contribution in [-0.2, 0) is 10.1 Å². The highest BCUT2D eigenvalue weighted by atomic mass is 32.2. The van der Waals surface area contributed by atoms with Crippen LogP contribution in [0.3, 0.4) is 0 Å². The molecule has 0 saturated carbocycles. The van der Waals surface area contributed by atoms with Crippen molar-refractivity contribution in [2.75, 3.05) is 5.75 Å². The number of hydrogen-bond acceptors (Lipinski definition) is 2. The second kappa shape index (κ2) is 3.54. The van der Waals surface area contributed by atoms with Gasteiger partial charge in [-0.25, -0.2) is 0 Å². The van der Waals surface area contributed by atoms with E-state index in [-0.39, 0.29) is 11.2 Å². The van der Waals surface area contributed by atoms with E-state index >= 15 is 0 Å². The van der Waals surface area contributed by atoms with E-state index in [1.54, 1.807) is 0 Å². The Morgan fingerprint density at radius 2 is 1.73 bits per heavy atom. The molecule has 0 saturated heterocycles. The molecular formula is C7H16O3S. The molecule has 0 aromatic heterocycles. The summed E-state index contributed by atoms with van der Waals surface area (Å²) in [7, 11) is -3.75. The maximum absolute atomic E-state index is 10.3. The predicted octanol–water partition coefficient (Wildman–Crippen LogP) is 1.70. The lowest BCUT2D eigenvalue weighted by molar-refractivity contribution is 0.371. The zero-order chi connectivity index (χ0) is 9.12. The Bertz CT molecular complexity index is 198. The lowest BCUT2D eigenvalue weighted by atomic mass is 9.91. The molecular weight excluding hydrogens is 164 g/mol. The summed E-state index contributed by atoms with van der Waals surface area (Å²) in [5, 5.41) is 0. The molecule has 0 bridgehead atoms. The van der Waals surface area contributed by atoms with Gasteiger partial charge in [0.2, 0.25) is 0 Å². The smallest absolute Gasteiger partial charge is 0.264 e. The van der Waals surface area contributed by atoms with Gasteiger partial charge in [0.1, 0.15) is 0 Å². The van der Waals surface area contributed by atoms with E-state index in [9.17, 15) is 8.42 Å². The summed E-state index contributed by atoms with van der Waals surface area (Å²) in [5.74, 6) is -0.121. The van der Waals surface area contributed by atoms with E-state index in [0.29, 0.717) is 6.42 Å². The highest BCUT2D eigenvalue weighted by Crippen LogP contribution is 2.20. The van der Waals surface area contributed by atoms with Crippen LogP contribution >= 0.6 is 0 Å². The maximum atomic E-state index is 10.3. The van der Waals surface area contributed by atoms with Gasteiger partial charge in [-0.05, 0) is 18.3 Å². The van der Waals surface area contributed by atoms with Crippen molar-refractivity contribution in [3.05, 3.63) is 0 Å². The van der Waals surface area contributed by atoms with Crippen molar-refractivity contribution in [3.8, 4) is 0 Å². The Hall–Kier alpha value is -0.0900. The van der Waals surface area contributed by atoms with Crippen molar-refractivity contribution >= 4 is 10.1 Å². The first-order chi connectivity index (χ1) is 4.71. The first-order valence-electron chi connectivity index (χ1n) is 3.66. The minimum atomic E-state index is -3.75. The number of hydrogen-bond donors (Lipinski definition) is 1. The molecule has 11 heavy (non-hydrogen) atoms. The van der Waals surface area contributed by atoms with Gasteiger partial charge in [0.05, 0.1) is 5.75 Å². The van der Waals surface area contributed by atoms with Gasteiger partial charge in [-0.3, -0.25) is 4.55 Å². The molecule has 0 aliphatic rings. The van der Waals surface area contributed by atoms with Gasteiger partial charge in [0.25, 0.3) is 10.1 Å². The molecule has 0 amide bonds. The van der Waals surface area contributed by atoms with Gasteiger partial charge < -0.3 is 0 Å². The lowest BCUT2D eigenvalue weighted by Crippen LogP contribution is -2.09. The number of rotatable bonds is 3. The van der Waals surface area contributed by atoms with Gasteiger partial charge >= 0.3 is 0 Å². The molecule has 0 atom stereocenters. The van der Waals surface area contributed by atoms with E-state index in [4.69, 9.17) is 4.55 Å². The van der Waals surface area contributed by atoms with Crippen LogP contribution in [0.2, 0.25) is 0 Å². The Balaban J connectivity index is 3.61. The molecule has 0 rings (SSSR count). The third-order valence-corrected chi connectivity index (χ3v) is 2.13. The topological polar surface area (TPSA) is 54.4 Å². The first kappa shape index (κ1) is 10.9. The zero-order valence-corrected chi connectivity index (χ0v) is 8.11. The quantitative estimate of drug-likeness (QED) is 0.672. The Morgan fingerprint density at radius 3 is 2.00 bits per heavy atom. The molecule has 0 aliphatic heterocycles. The van der Waals surface area contributed by atoms with Gasteiger partial charge in [0.15, 0.2) is 0 Å². The van der Waals surface area contributed by atoms with Crippen LogP contribution < -0.4 is 0 Å². The Labute approximate surface area is 68.6 Å². The molecule has 3 nitrogen and oxygen atoms in total. The van der Waals surface area contributed by atoms with Crippen LogP contribution in [0.4, 0.5) is 0 Å². The molecule has 0 aromatic carbocycles. The molecule has 0 spiro atoms. The average molecular weight is 180 g/mol. The van der Waals surface area contributed by atoms with E-state index in [1.165, 1.54) is 0 Å². The fourth-order valence-electron chi connectivity index (χ4n) is 0.785. The minimum Gasteiger partial charge on any atom is -0.286 e. The van der Waals surface area contributed by atoms with Crippen LogP contribution in [0.15, 0.2) is 0 Å².